The lowest BCUT2D eigenvalue weighted by Gasteiger charge is -2.26. The molecule has 2 aliphatic heterocycles. The van der Waals surface area contributed by atoms with E-state index in [0.717, 1.165) is 61.3 Å². The average Bonchev–Trinajstić information content (AvgIpc) is 3.38. The summed E-state index contributed by atoms with van der Waals surface area (Å²) in [5.74, 6) is 0.575. The molecule has 3 heterocycles. The first kappa shape index (κ1) is 22.5. The van der Waals surface area contributed by atoms with Gasteiger partial charge in [0.15, 0.2) is 0 Å². The Labute approximate surface area is 198 Å². The van der Waals surface area contributed by atoms with Gasteiger partial charge in [-0.2, -0.15) is 4.98 Å². The van der Waals surface area contributed by atoms with E-state index in [-0.39, 0.29) is 18.0 Å². The maximum atomic E-state index is 12.5. The Morgan fingerprint density at radius 2 is 1.85 bits per heavy atom. The minimum Gasteiger partial charge on any atom is -0.471 e. The topological polar surface area (TPSA) is 112 Å². The standard InChI is InChI=1S/C25H29N5O4/c26-25-28-22-6-5-19(15-21(22)24(29-25)34-20-7-12-33-16-20)17-1-3-18(4-2-17)23(31)27-8-9-30-10-13-32-14-11-30/h1-6,15,20H,7-14,16H2,(H,27,31)(H2,26,28,29). The second-order valence-electron chi connectivity index (χ2n) is 8.51. The Balaban J connectivity index is 1.28. The molecule has 1 unspecified atom stereocenters. The number of aromatic nitrogens is 2. The minimum atomic E-state index is -0.0725. The first-order chi connectivity index (χ1) is 16.7. The molecule has 9 nitrogen and oxygen atoms in total. The fourth-order valence-electron chi connectivity index (χ4n) is 4.22. The van der Waals surface area contributed by atoms with Crippen molar-refractivity contribution < 1.29 is 19.0 Å². The molecule has 3 N–H and O–H groups in total. The van der Waals surface area contributed by atoms with Crippen molar-refractivity contribution in [2.75, 3.05) is 58.3 Å². The maximum absolute atomic E-state index is 12.5. The molecule has 34 heavy (non-hydrogen) atoms. The number of nitrogens with two attached hydrogens (primary N) is 1. The van der Waals surface area contributed by atoms with Crippen molar-refractivity contribution in [2.45, 2.75) is 12.5 Å². The smallest absolute Gasteiger partial charge is 0.251 e. The van der Waals surface area contributed by atoms with Crippen LogP contribution in [0.25, 0.3) is 22.0 Å². The summed E-state index contributed by atoms with van der Waals surface area (Å²) in [7, 11) is 0. The van der Waals surface area contributed by atoms with Gasteiger partial charge in [-0.3, -0.25) is 9.69 Å². The molecule has 2 saturated heterocycles. The van der Waals surface area contributed by atoms with Crippen LogP contribution in [-0.4, -0.2) is 79.5 Å². The normalized spacial score (nSPS) is 18.8. The largest absolute Gasteiger partial charge is 0.471 e. The second kappa shape index (κ2) is 10.3. The molecule has 0 aliphatic carbocycles. The molecule has 0 spiro atoms. The number of ether oxygens (including phenoxy) is 3. The SMILES string of the molecule is Nc1nc(OC2CCOC2)c2cc(-c3ccc(C(=O)NCCN4CCOCC4)cc3)ccc2n1. The Morgan fingerprint density at radius 1 is 1.06 bits per heavy atom. The summed E-state index contributed by atoms with van der Waals surface area (Å²) in [6.07, 6.45) is 0.781. The first-order valence-electron chi connectivity index (χ1n) is 11.7. The van der Waals surface area contributed by atoms with E-state index in [2.05, 4.69) is 20.2 Å². The molecular weight excluding hydrogens is 434 g/mol. The van der Waals surface area contributed by atoms with E-state index in [4.69, 9.17) is 19.9 Å². The highest BCUT2D eigenvalue weighted by Crippen LogP contribution is 2.30. The van der Waals surface area contributed by atoms with Gasteiger partial charge < -0.3 is 25.3 Å². The highest BCUT2D eigenvalue weighted by atomic mass is 16.5. The zero-order chi connectivity index (χ0) is 23.3. The molecule has 2 aromatic carbocycles. The number of hydrogen-bond donors (Lipinski definition) is 2. The lowest BCUT2D eigenvalue weighted by atomic mass is 10.0. The molecular formula is C25H29N5O4. The van der Waals surface area contributed by atoms with Crippen molar-refractivity contribution in [3.63, 3.8) is 0 Å². The van der Waals surface area contributed by atoms with Crippen LogP contribution in [0.3, 0.4) is 0 Å². The summed E-state index contributed by atoms with van der Waals surface area (Å²) < 4.78 is 16.8. The number of nitrogen functional groups attached to an aromatic ring is 1. The van der Waals surface area contributed by atoms with Gasteiger partial charge in [0.25, 0.3) is 5.91 Å². The van der Waals surface area contributed by atoms with Crippen LogP contribution in [0.1, 0.15) is 16.8 Å². The van der Waals surface area contributed by atoms with Crippen LogP contribution < -0.4 is 15.8 Å². The highest BCUT2D eigenvalue weighted by Gasteiger charge is 2.20. The number of rotatable bonds is 7. The van der Waals surface area contributed by atoms with Crippen molar-refractivity contribution in [1.29, 1.82) is 0 Å². The predicted octanol–water partition coefficient (Wildman–Crippen LogP) is 2.11. The predicted molar refractivity (Wildman–Crippen MR) is 129 cm³/mol. The lowest BCUT2D eigenvalue weighted by molar-refractivity contribution is 0.0383. The number of carbonyl (C=O) groups is 1. The Kier molecular flexibility index (Phi) is 6.84. The zero-order valence-corrected chi connectivity index (χ0v) is 19.0. The van der Waals surface area contributed by atoms with Crippen LogP contribution in [0.15, 0.2) is 42.5 Å². The molecule has 1 atom stereocenters. The fraction of sp³-hybridized carbons (Fsp3) is 0.400. The monoisotopic (exact) mass is 463 g/mol. The maximum Gasteiger partial charge on any atom is 0.251 e. The van der Waals surface area contributed by atoms with Crippen LogP contribution in [-0.2, 0) is 9.47 Å². The number of amides is 1. The van der Waals surface area contributed by atoms with Crippen LogP contribution in [0.4, 0.5) is 5.95 Å². The number of anilines is 1. The summed E-state index contributed by atoms with van der Waals surface area (Å²) in [6, 6.07) is 13.5. The van der Waals surface area contributed by atoms with E-state index in [1.165, 1.54) is 0 Å². The van der Waals surface area contributed by atoms with Crippen LogP contribution in [0.2, 0.25) is 0 Å². The molecule has 2 aliphatic rings. The molecule has 5 rings (SSSR count). The van der Waals surface area contributed by atoms with Crippen LogP contribution in [0, 0.1) is 0 Å². The van der Waals surface area contributed by atoms with Crippen molar-refractivity contribution >= 4 is 22.8 Å². The quantitative estimate of drug-likeness (QED) is 0.548. The molecule has 178 valence electrons. The van der Waals surface area contributed by atoms with Gasteiger partial charge in [-0.1, -0.05) is 18.2 Å². The van der Waals surface area contributed by atoms with Gasteiger partial charge in [0.1, 0.15) is 6.10 Å². The van der Waals surface area contributed by atoms with Crippen molar-refractivity contribution in [3.8, 4) is 17.0 Å². The molecule has 1 aromatic heterocycles. The van der Waals surface area contributed by atoms with E-state index < -0.39 is 0 Å². The Bertz CT molecular complexity index is 1140. The summed E-state index contributed by atoms with van der Waals surface area (Å²) >= 11 is 0. The average molecular weight is 464 g/mol. The number of nitrogens with one attached hydrogen (secondary N) is 1. The number of hydrogen-bond acceptors (Lipinski definition) is 8. The number of fused-ring (bicyclic) bond motifs is 1. The fourth-order valence-corrected chi connectivity index (χ4v) is 4.22. The van der Waals surface area contributed by atoms with E-state index >= 15 is 0 Å². The Morgan fingerprint density at radius 3 is 2.62 bits per heavy atom. The minimum absolute atomic E-state index is 0.0396. The van der Waals surface area contributed by atoms with Gasteiger partial charge in [0.2, 0.25) is 11.8 Å². The molecule has 9 heteroatoms. The number of benzene rings is 2. The number of morpholine rings is 1. The van der Waals surface area contributed by atoms with Gasteiger partial charge in [0.05, 0.1) is 37.3 Å². The van der Waals surface area contributed by atoms with E-state index in [1.54, 1.807) is 0 Å². The molecule has 0 bridgehead atoms. The van der Waals surface area contributed by atoms with Crippen molar-refractivity contribution in [1.82, 2.24) is 20.2 Å². The lowest BCUT2D eigenvalue weighted by Crippen LogP contribution is -2.41. The van der Waals surface area contributed by atoms with Gasteiger partial charge in [0, 0.05) is 38.2 Å². The van der Waals surface area contributed by atoms with Crippen molar-refractivity contribution in [3.05, 3.63) is 48.0 Å². The summed E-state index contributed by atoms with van der Waals surface area (Å²) in [5.41, 5.74) is 9.21. The first-order valence-corrected chi connectivity index (χ1v) is 11.7. The van der Waals surface area contributed by atoms with E-state index in [0.29, 0.717) is 31.2 Å². The third-order valence-electron chi connectivity index (χ3n) is 6.14. The van der Waals surface area contributed by atoms with Gasteiger partial charge in [-0.15, -0.1) is 0 Å². The molecule has 0 saturated carbocycles. The van der Waals surface area contributed by atoms with Gasteiger partial charge in [-0.25, -0.2) is 4.98 Å². The highest BCUT2D eigenvalue weighted by molar-refractivity contribution is 5.95. The zero-order valence-electron chi connectivity index (χ0n) is 19.0. The Hall–Kier alpha value is -3.27. The summed E-state index contributed by atoms with van der Waals surface area (Å²) in [6.45, 7) is 6.00. The van der Waals surface area contributed by atoms with Gasteiger partial charge in [-0.05, 0) is 35.4 Å². The van der Waals surface area contributed by atoms with Crippen LogP contribution in [0.5, 0.6) is 5.88 Å². The van der Waals surface area contributed by atoms with Crippen LogP contribution >= 0.6 is 0 Å². The summed E-state index contributed by atoms with van der Waals surface area (Å²) in [5, 5.41) is 3.80. The third kappa shape index (κ3) is 5.27. The summed E-state index contributed by atoms with van der Waals surface area (Å²) in [4.78, 5) is 23.5. The molecule has 0 radical (unpaired) electrons. The van der Waals surface area contributed by atoms with E-state index in [9.17, 15) is 4.79 Å². The van der Waals surface area contributed by atoms with Crippen molar-refractivity contribution in [2.24, 2.45) is 0 Å². The second-order valence-corrected chi connectivity index (χ2v) is 8.51. The molecule has 1 amide bonds. The van der Waals surface area contributed by atoms with E-state index in [1.807, 2.05) is 42.5 Å². The van der Waals surface area contributed by atoms with Gasteiger partial charge >= 0.3 is 0 Å². The number of carbonyl (C=O) groups excluding carboxylic acids is 1. The third-order valence-corrected chi connectivity index (χ3v) is 6.14. The molecule has 3 aromatic rings. The molecule has 2 fully saturated rings. The number of nitrogens with zero attached hydrogens (tertiary/aromatic N) is 3.